The van der Waals surface area contributed by atoms with Crippen LogP contribution >= 0.6 is 0 Å². The van der Waals surface area contributed by atoms with Crippen LogP contribution in [0.25, 0.3) is 0 Å². The van der Waals surface area contributed by atoms with Gasteiger partial charge in [0.15, 0.2) is 0 Å². The van der Waals surface area contributed by atoms with Gasteiger partial charge in [-0.25, -0.2) is 9.97 Å². The van der Waals surface area contributed by atoms with E-state index in [0.29, 0.717) is 5.92 Å². The van der Waals surface area contributed by atoms with Crippen LogP contribution < -0.4 is 0 Å². The fraction of sp³-hybridized carbons (Fsp3) is 0.867. The lowest BCUT2D eigenvalue weighted by molar-refractivity contribution is 0.248. The van der Waals surface area contributed by atoms with Gasteiger partial charge in [0.2, 0.25) is 0 Å². The van der Waals surface area contributed by atoms with Gasteiger partial charge in [-0.15, -0.1) is 0 Å². The molecule has 0 aromatic carbocycles. The first-order chi connectivity index (χ1) is 15.8. The molecule has 1 aromatic heterocycles. The van der Waals surface area contributed by atoms with Crippen molar-refractivity contribution >= 4 is 0 Å². The summed E-state index contributed by atoms with van der Waals surface area (Å²) in [6, 6.07) is 0. The van der Waals surface area contributed by atoms with Crippen LogP contribution in [0.4, 0.5) is 0 Å². The number of unbranched alkanes of at least 4 members (excludes halogenated alkanes) is 6. The van der Waals surface area contributed by atoms with Gasteiger partial charge in [-0.2, -0.15) is 0 Å². The molecule has 0 saturated heterocycles. The molecular formula is C30H52N2. The molecule has 2 heteroatoms. The molecule has 182 valence electrons. The third-order valence-electron chi connectivity index (χ3n) is 8.72. The SMILES string of the molecule is CCCCCCC[C@H]1CC[C@H](CCc2ncc([C@H]3CC[C@H](CCCCC)CC3)cn2)CC1. The van der Waals surface area contributed by atoms with Gasteiger partial charge in [-0.3, -0.25) is 0 Å². The van der Waals surface area contributed by atoms with Crippen LogP contribution in [-0.4, -0.2) is 9.97 Å². The summed E-state index contributed by atoms with van der Waals surface area (Å²) in [7, 11) is 0. The molecule has 2 saturated carbocycles. The van der Waals surface area contributed by atoms with E-state index in [2.05, 4.69) is 26.2 Å². The van der Waals surface area contributed by atoms with Crippen molar-refractivity contribution in [2.75, 3.05) is 0 Å². The van der Waals surface area contributed by atoms with E-state index >= 15 is 0 Å². The first-order valence-electron chi connectivity index (χ1n) is 14.6. The zero-order chi connectivity index (χ0) is 22.4. The van der Waals surface area contributed by atoms with Crippen molar-refractivity contribution < 1.29 is 0 Å². The third-order valence-corrected chi connectivity index (χ3v) is 8.72. The highest BCUT2D eigenvalue weighted by Gasteiger charge is 2.23. The molecule has 0 unspecified atom stereocenters. The minimum absolute atomic E-state index is 0.712. The second-order valence-corrected chi connectivity index (χ2v) is 11.3. The van der Waals surface area contributed by atoms with E-state index in [0.717, 1.165) is 30.0 Å². The van der Waals surface area contributed by atoms with Crippen molar-refractivity contribution in [3.05, 3.63) is 23.8 Å². The molecule has 1 heterocycles. The number of nitrogens with zero attached hydrogens (tertiary/aromatic N) is 2. The van der Waals surface area contributed by atoms with Gasteiger partial charge in [-0.1, -0.05) is 104 Å². The molecule has 2 aliphatic rings. The lowest BCUT2D eigenvalue weighted by atomic mass is 9.77. The van der Waals surface area contributed by atoms with Crippen molar-refractivity contribution in [2.45, 2.75) is 148 Å². The molecule has 0 amide bonds. The standard InChI is InChI=1S/C30H52N2/c1-3-5-7-8-10-12-25-13-15-27(16-14-25)19-22-30-31-23-29(24-32-30)28-20-17-26(18-21-28)11-9-6-4-2/h23-28H,3-22H2,1-2H3/t25-,26-,27-,28-. The van der Waals surface area contributed by atoms with Crippen LogP contribution in [0.3, 0.4) is 0 Å². The quantitative estimate of drug-likeness (QED) is 0.269. The maximum atomic E-state index is 4.79. The summed E-state index contributed by atoms with van der Waals surface area (Å²) in [5.41, 5.74) is 1.40. The van der Waals surface area contributed by atoms with Crippen molar-refractivity contribution in [3.8, 4) is 0 Å². The second kappa shape index (κ2) is 15.1. The monoisotopic (exact) mass is 440 g/mol. The summed E-state index contributed by atoms with van der Waals surface area (Å²) >= 11 is 0. The van der Waals surface area contributed by atoms with E-state index in [9.17, 15) is 0 Å². The normalized spacial score (nSPS) is 26.3. The van der Waals surface area contributed by atoms with Gasteiger partial charge < -0.3 is 0 Å². The number of aromatic nitrogens is 2. The van der Waals surface area contributed by atoms with E-state index in [1.54, 1.807) is 0 Å². The van der Waals surface area contributed by atoms with Gasteiger partial charge in [0.1, 0.15) is 5.82 Å². The Morgan fingerprint density at radius 2 is 1.06 bits per heavy atom. The van der Waals surface area contributed by atoms with Gasteiger partial charge in [0.25, 0.3) is 0 Å². The Morgan fingerprint density at radius 3 is 1.66 bits per heavy atom. The Balaban J connectivity index is 1.29. The zero-order valence-corrected chi connectivity index (χ0v) is 21.5. The fourth-order valence-corrected chi connectivity index (χ4v) is 6.35. The molecule has 0 spiro atoms. The predicted octanol–water partition coefficient (Wildman–Crippen LogP) is 9.43. The summed E-state index contributed by atoms with van der Waals surface area (Å²) in [4.78, 5) is 9.57. The predicted molar refractivity (Wildman–Crippen MR) is 138 cm³/mol. The molecular weight excluding hydrogens is 388 g/mol. The van der Waals surface area contributed by atoms with E-state index in [-0.39, 0.29) is 0 Å². The molecule has 0 bridgehead atoms. The Bertz CT molecular complexity index is 579. The number of aryl methyl sites for hydroxylation is 1. The minimum Gasteiger partial charge on any atom is -0.241 e. The Labute approximate surface area is 199 Å². The van der Waals surface area contributed by atoms with E-state index in [1.165, 1.54) is 128 Å². The van der Waals surface area contributed by atoms with Crippen LogP contribution in [0.2, 0.25) is 0 Å². The molecule has 2 fully saturated rings. The average Bonchev–Trinajstić information content (AvgIpc) is 2.84. The molecule has 0 aliphatic heterocycles. The number of hydrogen-bond acceptors (Lipinski definition) is 2. The smallest absolute Gasteiger partial charge is 0.128 e. The Kier molecular flexibility index (Phi) is 12.1. The van der Waals surface area contributed by atoms with Crippen LogP contribution in [0.1, 0.15) is 153 Å². The number of rotatable bonds is 14. The van der Waals surface area contributed by atoms with E-state index in [1.807, 2.05) is 0 Å². The third kappa shape index (κ3) is 9.14. The molecule has 0 radical (unpaired) electrons. The first kappa shape index (κ1) is 25.7. The topological polar surface area (TPSA) is 25.8 Å². The Morgan fingerprint density at radius 1 is 0.594 bits per heavy atom. The van der Waals surface area contributed by atoms with Crippen molar-refractivity contribution in [2.24, 2.45) is 17.8 Å². The van der Waals surface area contributed by atoms with Gasteiger partial charge in [0, 0.05) is 18.8 Å². The van der Waals surface area contributed by atoms with Gasteiger partial charge >= 0.3 is 0 Å². The van der Waals surface area contributed by atoms with E-state index < -0.39 is 0 Å². The summed E-state index contributed by atoms with van der Waals surface area (Å²) in [5.74, 6) is 4.71. The molecule has 0 N–H and O–H groups in total. The first-order valence-corrected chi connectivity index (χ1v) is 14.6. The van der Waals surface area contributed by atoms with E-state index in [4.69, 9.17) is 9.97 Å². The van der Waals surface area contributed by atoms with Crippen molar-refractivity contribution in [1.82, 2.24) is 9.97 Å². The highest BCUT2D eigenvalue weighted by atomic mass is 14.9. The van der Waals surface area contributed by atoms with Crippen molar-refractivity contribution in [1.29, 1.82) is 0 Å². The highest BCUT2D eigenvalue weighted by Crippen LogP contribution is 2.37. The Hall–Kier alpha value is -0.920. The molecule has 2 nitrogen and oxygen atoms in total. The second-order valence-electron chi connectivity index (χ2n) is 11.3. The van der Waals surface area contributed by atoms with Crippen molar-refractivity contribution in [3.63, 3.8) is 0 Å². The van der Waals surface area contributed by atoms with Crippen LogP contribution in [0, 0.1) is 17.8 Å². The maximum absolute atomic E-state index is 4.79. The molecule has 3 rings (SSSR count). The van der Waals surface area contributed by atoms with Crippen LogP contribution in [0.5, 0.6) is 0 Å². The summed E-state index contributed by atoms with van der Waals surface area (Å²) in [5, 5.41) is 0. The molecule has 1 aromatic rings. The minimum atomic E-state index is 0.712. The fourth-order valence-electron chi connectivity index (χ4n) is 6.35. The zero-order valence-electron chi connectivity index (χ0n) is 21.5. The van der Waals surface area contributed by atoms with Gasteiger partial charge in [0.05, 0.1) is 0 Å². The number of hydrogen-bond donors (Lipinski definition) is 0. The molecule has 32 heavy (non-hydrogen) atoms. The summed E-state index contributed by atoms with van der Waals surface area (Å²) in [6.07, 6.45) is 32.4. The van der Waals surface area contributed by atoms with Crippen LogP contribution in [-0.2, 0) is 6.42 Å². The molecule has 0 atom stereocenters. The summed E-state index contributed by atoms with van der Waals surface area (Å²) in [6.45, 7) is 4.61. The van der Waals surface area contributed by atoms with Gasteiger partial charge in [-0.05, 0) is 61.3 Å². The lowest BCUT2D eigenvalue weighted by Gasteiger charge is -2.29. The van der Waals surface area contributed by atoms with Crippen LogP contribution in [0.15, 0.2) is 12.4 Å². The molecule has 2 aliphatic carbocycles. The average molecular weight is 441 g/mol. The lowest BCUT2D eigenvalue weighted by Crippen LogP contribution is -2.16. The highest BCUT2D eigenvalue weighted by molar-refractivity contribution is 5.13. The largest absolute Gasteiger partial charge is 0.241 e. The summed E-state index contributed by atoms with van der Waals surface area (Å²) < 4.78 is 0. The maximum Gasteiger partial charge on any atom is 0.128 e.